The summed E-state index contributed by atoms with van der Waals surface area (Å²) in [7, 11) is 1.85. The van der Waals surface area contributed by atoms with Gasteiger partial charge in [0.15, 0.2) is 5.96 Å². The number of nitrogens with zero attached hydrogens (tertiary/aromatic N) is 2. The molecule has 1 aromatic rings. The molecule has 1 atom stereocenters. The second-order valence-electron chi connectivity index (χ2n) is 6.71. The standard InChI is InChI=1S/C18H30N4O.HI/c1-19-18(21-15-8-3-4-9-15)20-14-16(17-10-7-13-23-17)22-11-5-2-6-12-22;/h7,10,13,15-16H,2-6,8-9,11-12,14H2,1H3,(H2,19,20,21);1H. The molecule has 6 heteroatoms. The number of hydrogen-bond donors (Lipinski definition) is 2. The quantitative estimate of drug-likeness (QED) is 0.413. The molecule has 1 saturated heterocycles. The number of hydrogen-bond acceptors (Lipinski definition) is 3. The van der Waals surface area contributed by atoms with Gasteiger partial charge in [-0.2, -0.15) is 0 Å². The highest BCUT2D eigenvalue weighted by atomic mass is 127. The largest absolute Gasteiger partial charge is 0.468 e. The Bertz CT molecular complexity index is 479. The molecule has 1 aliphatic heterocycles. The number of piperidine rings is 1. The van der Waals surface area contributed by atoms with E-state index in [1.165, 1.54) is 44.9 Å². The van der Waals surface area contributed by atoms with Gasteiger partial charge in [0, 0.05) is 19.6 Å². The van der Waals surface area contributed by atoms with Crippen molar-refractivity contribution < 1.29 is 4.42 Å². The first kappa shape index (κ1) is 19.6. The molecule has 0 aromatic carbocycles. The molecule has 3 rings (SSSR count). The zero-order valence-electron chi connectivity index (χ0n) is 14.7. The SMILES string of the molecule is CN=C(NCC(c1ccco1)N1CCCCC1)NC1CCCC1.I. The summed E-state index contributed by atoms with van der Waals surface area (Å²) in [5.41, 5.74) is 0. The molecule has 136 valence electrons. The van der Waals surface area contributed by atoms with E-state index in [1.807, 2.05) is 13.1 Å². The van der Waals surface area contributed by atoms with Crippen LogP contribution in [0.3, 0.4) is 0 Å². The van der Waals surface area contributed by atoms with Gasteiger partial charge in [-0.05, 0) is 50.9 Å². The van der Waals surface area contributed by atoms with Crippen LogP contribution in [0.5, 0.6) is 0 Å². The second-order valence-corrected chi connectivity index (χ2v) is 6.71. The average molecular weight is 446 g/mol. The van der Waals surface area contributed by atoms with Crippen LogP contribution in [-0.2, 0) is 0 Å². The van der Waals surface area contributed by atoms with Gasteiger partial charge in [-0.25, -0.2) is 0 Å². The van der Waals surface area contributed by atoms with Crippen LogP contribution in [0.25, 0.3) is 0 Å². The lowest BCUT2D eigenvalue weighted by Gasteiger charge is -2.34. The van der Waals surface area contributed by atoms with Crippen LogP contribution >= 0.6 is 24.0 Å². The zero-order valence-corrected chi connectivity index (χ0v) is 17.0. The summed E-state index contributed by atoms with van der Waals surface area (Å²) >= 11 is 0. The Morgan fingerprint density at radius 1 is 1.25 bits per heavy atom. The third kappa shape index (κ3) is 5.37. The molecule has 2 heterocycles. The van der Waals surface area contributed by atoms with E-state index in [1.54, 1.807) is 6.26 Å². The van der Waals surface area contributed by atoms with Gasteiger partial charge in [0.25, 0.3) is 0 Å². The number of guanidine groups is 1. The molecule has 2 N–H and O–H groups in total. The third-order valence-corrected chi connectivity index (χ3v) is 5.09. The van der Waals surface area contributed by atoms with Crippen molar-refractivity contribution in [3.63, 3.8) is 0 Å². The Labute approximate surface area is 162 Å². The lowest BCUT2D eigenvalue weighted by atomic mass is 10.1. The number of likely N-dealkylation sites (tertiary alicyclic amines) is 1. The Kier molecular flexibility index (Phi) is 8.38. The molecule has 2 aliphatic rings. The van der Waals surface area contributed by atoms with Gasteiger partial charge >= 0.3 is 0 Å². The summed E-state index contributed by atoms with van der Waals surface area (Å²) < 4.78 is 5.71. The van der Waals surface area contributed by atoms with E-state index in [0.29, 0.717) is 6.04 Å². The fourth-order valence-corrected chi connectivity index (χ4v) is 3.77. The molecule has 0 amide bonds. The summed E-state index contributed by atoms with van der Waals surface area (Å²) in [6.07, 6.45) is 10.9. The second kappa shape index (κ2) is 10.3. The minimum absolute atomic E-state index is 0. The fourth-order valence-electron chi connectivity index (χ4n) is 3.77. The summed E-state index contributed by atoms with van der Waals surface area (Å²) in [5, 5.41) is 7.08. The van der Waals surface area contributed by atoms with Crippen molar-refractivity contribution in [2.75, 3.05) is 26.7 Å². The monoisotopic (exact) mass is 446 g/mol. The van der Waals surface area contributed by atoms with Crippen molar-refractivity contribution in [2.24, 2.45) is 4.99 Å². The van der Waals surface area contributed by atoms with Gasteiger partial charge in [-0.1, -0.05) is 19.3 Å². The van der Waals surface area contributed by atoms with E-state index in [4.69, 9.17) is 4.42 Å². The highest BCUT2D eigenvalue weighted by Crippen LogP contribution is 2.24. The molecule has 0 spiro atoms. The van der Waals surface area contributed by atoms with E-state index in [2.05, 4.69) is 26.6 Å². The number of aliphatic imine (C=N–C) groups is 1. The van der Waals surface area contributed by atoms with Crippen molar-refractivity contribution in [3.8, 4) is 0 Å². The summed E-state index contributed by atoms with van der Waals surface area (Å²) in [5.74, 6) is 1.97. The van der Waals surface area contributed by atoms with Crippen LogP contribution in [0.1, 0.15) is 56.7 Å². The summed E-state index contributed by atoms with van der Waals surface area (Å²) in [6, 6.07) is 4.94. The number of halogens is 1. The van der Waals surface area contributed by atoms with Crippen LogP contribution in [0, 0.1) is 0 Å². The maximum absolute atomic E-state index is 5.71. The highest BCUT2D eigenvalue weighted by molar-refractivity contribution is 14.0. The van der Waals surface area contributed by atoms with Crippen LogP contribution in [-0.4, -0.2) is 43.6 Å². The van der Waals surface area contributed by atoms with Crippen LogP contribution < -0.4 is 10.6 Å². The van der Waals surface area contributed by atoms with Gasteiger partial charge < -0.3 is 15.1 Å². The number of furan rings is 1. The smallest absolute Gasteiger partial charge is 0.191 e. The minimum atomic E-state index is 0. The molecule has 1 saturated carbocycles. The first-order chi connectivity index (χ1) is 11.4. The Hall–Kier alpha value is -0.760. The van der Waals surface area contributed by atoms with Gasteiger partial charge in [0.2, 0.25) is 0 Å². The molecule has 5 nitrogen and oxygen atoms in total. The Morgan fingerprint density at radius 2 is 2.00 bits per heavy atom. The topological polar surface area (TPSA) is 52.8 Å². The van der Waals surface area contributed by atoms with Crippen molar-refractivity contribution in [1.82, 2.24) is 15.5 Å². The number of nitrogens with one attached hydrogen (secondary N) is 2. The molecule has 0 radical (unpaired) electrons. The molecular weight excluding hydrogens is 415 g/mol. The van der Waals surface area contributed by atoms with E-state index in [9.17, 15) is 0 Å². The van der Waals surface area contributed by atoms with Gasteiger partial charge in [-0.3, -0.25) is 9.89 Å². The maximum atomic E-state index is 5.71. The predicted molar refractivity (Wildman–Crippen MR) is 109 cm³/mol. The maximum Gasteiger partial charge on any atom is 0.191 e. The lowest BCUT2D eigenvalue weighted by Crippen LogP contribution is -2.46. The Morgan fingerprint density at radius 3 is 2.62 bits per heavy atom. The van der Waals surface area contributed by atoms with Crippen LogP contribution in [0.2, 0.25) is 0 Å². The molecule has 1 aliphatic carbocycles. The van der Waals surface area contributed by atoms with Crippen LogP contribution in [0.4, 0.5) is 0 Å². The molecule has 24 heavy (non-hydrogen) atoms. The summed E-state index contributed by atoms with van der Waals surface area (Å²) in [6.45, 7) is 3.14. The van der Waals surface area contributed by atoms with E-state index >= 15 is 0 Å². The van der Waals surface area contributed by atoms with Gasteiger partial charge in [0.1, 0.15) is 5.76 Å². The Balaban J connectivity index is 0.00000208. The predicted octanol–water partition coefficient (Wildman–Crippen LogP) is 3.53. The minimum Gasteiger partial charge on any atom is -0.468 e. The average Bonchev–Trinajstić information content (AvgIpc) is 3.29. The number of rotatable bonds is 5. The summed E-state index contributed by atoms with van der Waals surface area (Å²) in [4.78, 5) is 6.94. The van der Waals surface area contributed by atoms with Crippen molar-refractivity contribution in [1.29, 1.82) is 0 Å². The third-order valence-electron chi connectivity index (χ3n) is 5.09. The van der Waals surface area contributed by atoms with Gasteiger partial charge in [0.05, 0.1) is 12.3 Å². The molecule has 2 fully saturated rings. The fraction of sp³-hybridized carbons (Fsp3) is 0.722. The molecule has 0 bridgehead atoms. The van der Waals surface area contributed by atoms with E-state index in [-0.39, 0.29) is 30.0 Å². The first-order valence-electron chi connectivity index (χ1n) is 9.11. The molecule has 1 unspecified atom stereocenters. The van der Waals surface area contributed by atoms with E-state index in [0.717, 1.165) is 31.4 Å². The van der Waals surface area contributed by atoms with Crippen molar-refractivity contribution >= 4 is 29.9 Å². The highest BCUT2D eigenvalue weighted by Gasteiger charge is 2.25. The molecule has 1 aromatic heterocycles. The van der Waals surface area contributed by atoms with Crippen molar-refractivity contribution in [3.05, 3.63) is 24.2 Å². The molecular formula is C18H31IN4O. The van der Waals surface area contributed by atoms with Crippen LogP contribution in [0.15, 0.2) is 27.8 Å². The zero-order chi connectivity index (χ0) is 15.9. The normalized spacial score (nSPS) is 21.3. The van der Waals surface area contributed by atoms with Crippen molar-refractivity contribution in [2.45, 2.75) is 57.0 Å². The van der Waals surface area contributed by atoms with E-state index < -0.39 is 0 Å². The first-order valence-corrected chi connectivity index (χ1v) is 9.11. The van der Waals surface area contributed by atoms with Gasteiger partial charge in [-0.15, -0.1) is 24.0 Å². The lowest BCUT2D eigenvalue weighted by molar-refractivity contribution is 0.146.